The van der Waals surface area contributed by atoms with Gasteiger partial charge in [-0.25, -0.2) is 9.18 Å². The third kappa shape index (κ3) is 4.78. The molecular weight excluding hydrogens is 490 g/mol. The summed E-state index contributed by atoms with van der Waals surface area (Å²) in [6, 6.07) is 8.71. The zero-order valence-electron chi connectivity index (χ0n) is 17.9. The molecule has 180 valence electrons. The molecule has 1 amide bonds. The molecule has 4 rings (SSSR count). The van der Waals surface area contributed by atoms with Crippen LogP contribution < -0.4 is 10.9 Å². The second-order valence-electron chi connectivity index (χ2n) is 7.15. The number of benzene rings is 2. The maximum Gasteiger partial charge on any atom is 0.416 e. The molecule has 0 aliphatic carbocycles. The van der Waals surface area contributed by atoms with Gasteiger partial charge in [-0.15, -0.1) is 11.3 Å². The number of thiophene rings is 1. The van der Waals surface area contributed by atoms with Crippen molar-refractivity contribution in [3.05, 3.63) is 86.9 Å². The third-order valence-corrected chi connectivity index (χ3v) is 5.75. The summed E-state index contributed by atoms with van der Waals surface area (Å²) in [6.45, 7) is 1.59. The Morgan fingerprint density at radius 3 is 2.57 bits per heavy atom. The van der Waals surface area contributed by atoms with Crippen LogP contribution in [0, 0.1) is 5.82 Å². The fourth-order valence-electron chi connectivity index (χ4n) is 3.29. The molecule has 2 aromatic carbocycles. The van der Waals surface area contributed by atoms with E-state index in [1.54, 1.807) is 6.92 Å². The molecule has 0 bridgehead atoms. The Kier molecular flexibility index (Phi) is 6.39. The Labute approximate surface area is 198 Å². The lowest BCUT2D eigenvalue weighted by molar-refractivity contribution is -0.137. The number of hydrogen-bond donors (Lipinski definition) is 1. The molecule has 0 unspecified atom stereocenters. The molecule has 12 heteroatoms. The highest BCUT2D eigenvalue weighted by Gasteiger charge is 2.31. The number of hydrogen-bond acceptors (Lipinski definition) is 6. The first-order valence-electron chi connectivity index (χ1n) is 10.1. The minimum atomic E-state index is -4.65. The van der Waals surface area contributed by atoms with E-state index in [2.05, 4.69) is 10.4 Å². The predicted octanol–water partition coefficient (Wildman–Crippen LogP) is 5.03. The van der Waals surface area contributed by atoms with Gasteiger partial charge in [0.15, 0.2) is 5.69 Å². The molecule has 4 aromatic rings. The highest BCUT2D eigenvalue weighted by Crippen LogP contribution is 2.32. The van der Waals surface area contributed by atoms with E-state index in [1.807, 2.05) is 0 Å². The summed E-state index contributed by atoms with van der Waals surface area (Å²) in [5.74, 6) is -2.40. The number of alkyl halides is 3. The highest BCUT2D eigenvalue weighted by molar-refractivity contribution is 7.16. The van der Waals surface area contributed by atoms with Gasteiger partial charge in [0.25, 0.3) is 11.5 Å². The van der Waals surface area contributed by atoms with Crippen LogP contribution in [0.5, 0.6) is 0 Å². The van der Waals surface area contributed by atoms with Crippen molar-refractivity contribution in [1.29, 1.82) is 0 Å². The summed E-state index contributed by atoms with van der Waals surface area (Å²) in [4.78, 5) is 38.6. The summed E-state index contributed by atoms with van der Waals surface area (Å²) in [6.07, 6.45) is -4.65. The number of rotatable bonds is 5. The molecule has 0 saturated carbocycles. The van der Waals surface area contributed by atoms with E-state index in [0.29, 0.717) is 6.07 Å². The zero-order chi connectivity index (χ0) is 25.3. The van der Waals surface area contributed by atoms with Crippen LogP contribution in [0.25, 0.3) is 16.5 Å². The third-order valence-electron chi connectivity index (χ3n) is 4.85. The smallest absolute Gasteiger partial charge is 0.416 e. The normalized spacial score (nSPS) is 11.5. The van der Waals surface area contributed by atoms with Gasteiger partial charge in [0, 0.05) is 16.3 Å². The Morgan fingerprint density at radius 1 is 1.14 bits per heavy atom. The number of esters is 1. The lowest BCUT2D eigenvalue weighted by Gasteiger charge is -2.11. The number of amides is 1. The molecule has 7 nitrogen and oxygen atoms in total. The standard InChI is InChI=1S/C23H15F4N3O4S/c1-2-34-22(33)18-16-11-35-20(28-19(31)12-5-3-6-13(9-12)23(25,26)27)17(16)21(32)30(29-18)15-8-4-7-14(24)10-15/h3-11H,2H2,1H3,(H,28,31). The molecule has 0 fully saturated rings. The van der Waals surface area contributed by atoms with Crippen LogP contribution in [0.1, 0.15) is 33.3 Å². The van der Waals surface area contributed by atoms with Crippen LogP contribution in [0.15, 0.2) is 58.7 Å². The molecule has 0 saturated heterocycles. The van der Waals surface area contributed by atoms with Crippen molar-refractivity contribution in [3.63, 3.8) is 0 Å². The summed E-state index contributed by atoms with van der Waals surface area (Å²) in [5, 5.41) is 7.81. The van der Waals surface area contributed by atoms with Crippen molar-refractivity contribution in [2.45, 2.75) is 13.1 Å². The number of fused-ring (bicyclic) bond motifs is 1. The summed E-state index contributed by atoms with van der Waals surface area (Å²) in [7, 11) is 0. The minimum absolute atomic E-state index is 0.0174. The molecule has 0 aliphatic rings. The maximum absolute atomic E-state index is 13.8. The van der Waals surface area contributed by atoms with Crippen molar-refractivity contribution in [2.75, 3.05) is 11.9 Å². The Bertz CT molecular complexity index is 1510. The van der Waals surface area contributed by atoms with Crippen LogP contribution in [0.3, 0.4) is 0 Å². The molecule has 0 spiro atoms. The van der Waals surface area contributed by atoms with Crippen LogP contribution >= 0.6 is 11.3 Å². The number of anilines is 1. The van der Waals surface area contributed by atoms with Gasteiger partial charge in [-0.05, 0) is 43.3 Å². The first-order chi connectivity index (χ1) is 16.6. The quantitative estimate of drug-likeness (QED) is 0.303. The Balaban J connectivity index is 1.85. The van der Waals surface area contributed by atoms with Crippen LogP contribution in [-0.2, 0) is 10.9 Å². The summed E-state index contributed by atoms with van der Waals surface area (Å²) >= 11 is 0.877. The molecular formula is C23H15F4N3O4S. The number of halogens is 4. The van der Waals surface area contributed by atoms with Gasteiger partial charge in [0.2, 0.25) is 0 Å². The van der Waals surface area contributed by atoms with E-state index < -0.39 is 35.0 Å². The van der Waals surface area contributed by atoms with Gasteiger partial charge in [-0.1, -0.05) is 12.1 Å². The topological polar surface area (TPSA) is 90.3 Å². The zero-order valence-corrected chi connectivity index (χ0v) is 18.7. The second kappa shape index (κ2) is 9.29. The average Bonchev–Trinajstić information content (AvgIpc) is 3.23. The molecule has 35 heavy (non-hydrogen) atoms. The van der Waals surface area contributed by atoms with E-state index in [4.69, 9.17) is 4.74 Å². The SMILES string of the molecule is CCOC(=O)c1nn(-c2cccc(F)c2)c(=O)c2c(NC(=O)c3cccc(C(F)(F)F)c3)scc12. The number of nitrogens with one attached hydrogen (secondary N) is 1. The summed E-state index contributed by atoms with van der Waals surface area (Å²) < 4.78 is 58.7. The van der Waals surface area contributed by atoms with Crippen LogP contribution in [-0.4, -0.2) is 28.3 Å². The van der Waals surface area contributed by atoms with Crippen molar-refractivity contribution >= 4 is 39.0 Å². The van der Waals surface area contributed by atoms with Gasteiger partial charge in [0.1, 0.15) is 10.8 Å². The maximum atomic E-state index is 13.8. The molecule has 0 radical (unpaired) electrons. The number of carbonyl (C=O) groups excluding carboxylic acids is 2. The Hall–Kier alpha value is -4.06. The monoisotopic (exact) mass is 505 g/mol. The molecule has 0 atom stereocenters. The lowest BCUT2D eigenvalue weighted by Crippen LogP contribution is -2.25. The van der Waals surface area contributed by atoms with E-state index >= 15 is 0 Å². The molecule has 2 heterocycles. The largest absolute Gasteiger partial charge is 0.461 e. The van der Waals surface area contributed by atoms with E-state index in [0.717, 1.165) is 40.3 Å². The number of ether oxygens (including phenoxy) is 1. The van der Waals surface area contributed by atoms with Gasteiger partial charge in [-0.3, -0.25) is 9.59 Å². The predicted molar refractivity (Wildman–Crippen MR) is 121 cm³/mol. The van der Waals surface area contributed by atoms with Crippen molar-refractivity contribution in [2.24, 2.45) is 0 Å². The van der Waals surface area contributed by atoms with Crippen LogP contribution in [0.2, 0.25) is 0 Å². The number of carbonyl (C=O) groups is 2. The van der Waals surface area contributed by atoms with Gasteiger partial charge >= 0.3 is 12.1 Å². The second-order valence-corrected chi connectivity index (χ2v) is 8.03. The average molecular weight is 505 g/mol. The fourth-order valence-corrected chi connectivity index (χ4v) is 4.22. The minimum Gasteiger partial charge on any atom is -0.461 e. The van der Waals surface area contributed by atoms with Gasteiger partial charge in [0.05, 0.1) is 23.2 Å². The fraction of sp³-hybridized carbons (Fsp3) is 0.130. The number of aromatic nitrogens is 2. The summed E-state index contributed by atoms with van der Waals surface area (Å²) in [5.41, 5.74) is -2.31. The highest BCUT2D eigenvalue weighted by atomic mass is 32.1. The Morgan fingerprint density at radius 2 is 1.89 bits per heavy atom. The lowest BCUT2D eigenvalue weighted by atomic mass is 10.1. The van der Waals surface area contributed by atoms with Crippen molar-refractivity contribution in [1.82, 2.24) is 9.78 Å². The van der Waals surface area contributed by atoms with E-state index in [-0.39, 0.29) is 39.3 Å². The molecule has 0 aliphatic heterocycles. The van der Waals surface area contributed by atoms with Crippen molar-refractivity contribution < 1.29 is 31.9 Å². The molecule has 2 aromatic heterocycles. The molecule has 1 N–H and O–H groups in total. The first-order valence-corrected chi connectivity index (χ1v) is 10.9. The van der Waals surface area contributed by atoms with E-state index in [1.165, 1.54) is 23.6 Å². The van der Waals surface area contributed by atoms with Gasteiger partial charge < -0.3 is 10.1 Å². The van der Waals surface area contributed by atoms with Gasteiger partial charge in [-0.2, -0.15) is 23.0 Å². The first kappa shape index (κ1) is 24.1. The van der Waals surface area contributed by atoms with Crippen molar-refractivity contribution in [3.8, 4) is 5.69 Å². The van der Waals surface area contributed by atoms with Crippen LogP contribution in [0.4, 0.5) is 22.6 Å². The van der Waals surface area contributed by atoms with E-state index in [9.17, 15) is 31.9 Å². The number of nitrogens with zero attached hydrogens (tertiary/aromatic N) is 2.